The van der Waals surface area contributed by atoms with E-state index in [4.69, 9.17) is 4.74 Å². The summed E-state index contributed by atoms with van der Waals surface area (Å²) in [5.41, 5.74) is 2.27. The summed E-state index contributed by atoms with van der Waals surface area (Å²) in [4.78, 5) is 13.5. The monoisotopic (exact) mass is 354 g/mol. The van der Waals surface area contributed by atoms with E-state index in [-0.39, 0.29) is 23.6 Å². The topological polar surface area (TPSA) is 69.9 Å². The van der Waals surface area contributed by atoms with E-state index < -0.39 is 5.82 Å². The second kappa shape index (κ2) is 7.43. The summed E-state index contributed by atoms with van der Waals surface area (Å²) in [7, 11) is 1.37. The van der Waals surface area contributed by atoms with Crippen molar-refractivity contribution >= 4 is 5.78 Å². The highest BCUT2D eigenvalue weighted by Crippen LogP contribution is 2.20. The van der Waals surface area contributed by atoms with Crippen LogP contribution in [0.15, 0.2) is 42.5 Å². The van der Waals surface area contributed by atoms with Gasteiger partial charge in [-0.1, -0.05) is 38.1 Å². The molecule has 2 aromatic carbocycles. The summed E-state index contributed by atoms with van der Waals surface area (Å²) in [6.45, 7) is 4.12. The number of carbonyl (C=O) groups excluding carboxylic acids is 1. The number of hydrogen-bond donors (Lipinski definition) is 0. The number of nitrogens with zero attached hydrogens (tertiary/aromatic N) is 4. The number of aromatic nitrogens is 4. The van der Waals surface area contributed by atoms with Crippen molar-refractivity contribution in [3.63, 3.8) is 0 Å². The lowest BCUT2D eigenvalue weighted by molar-refractivity contribution is 0.0961. The smallest absolute Gasteiger partial charge is 0.204 e. The molecule has 0 bridgehead atoms. The highest BCUT2D eigenvalue weighted by Gasteiger charge is 2.13. The van der Waals surface area contributed by atoms with Crippen molar-refractivity contribution in [1.82, 2.24) is 20.2 Å². The van der Waals surface area contributed by atoms with E-state index in [1.165, 1.54) is 29.6 Å². The number of methoxy groups -OCH3 is 1. The summed E-state index contributed by atoms with van der Waals surface area (Å²) in [6.07, 6.45) is 0. The number of hydrogen-bond acceptors (Lipinski definition) is 5. The van der Waals surface area contributed by atoms with Crippen molar-refractivity contribution in [3.8, 4) is 17.1 Å². The standard InChI is InChI=1S/C19H19FN4O2/c1-12(2)13-4-6-14(7-5-13)19-21-23-24(22-19)11-17(25)15-8-9-18(26-3)16(20)10-15/h4-10,12H,11H2,1-3H3. The second-order valence-electron chi connectivity index (χ2n) is 6.19. The predicted octanol–water partition coefficient (Wildman–Crippen LogP) is 3.49. The van der Waals surface area contributed by atoms with Crippen molar-refractivity contribution in [1.29, 1.82) is 0 Å². The average molecular weight is 354 g/mol. The van der Waals surface area contributed by atoms with E-state index in [1.807, 2.05) is 24.3 Å². The van der Waals surface area contributed by atoms with E-state index in [2.05, 4.69) is 29.3 Å². The van der Waals surface area contributed by atoms with Crippen LogP contribution in [-0.2, 0) is 6.54 Å². The number of carbonyl (C=O) groups is 1. The molecule has 0 unspecified atom stereocenters. The second-order valence-corrected chi connectivity index (χ2v) is 6.19. The first-order valence-corrected chi connectivity index (χ1v) is 8.23. The molecule has 0 fully saturated rings. The molecule has 0 radical (unpaired) electrons. The van der Waals surface area contributed by atoms with Crippen LogP contribution in [0.1, 0.15) is 35.7 Å². The Morgan fingerprint density at radius 3 is 2.54 bits per heavy atom. The summed E-state index contributed by atoms with van der Waals surface area (Å²) in [6, 6.07) is 12.0. The van der Waals surface area contributed by atoms with Gasteiger partial charge in [0.1, 0.15) is 6.54 Å². The third-order valence-electron chi connectivity index (χ3n) is 4.05. The van der Waals surface area contributed by atoms with Crippen LogP contribution in [0.4, 0.5) is 4.39 Å². The van der Waals surface area contributed by atoms with Gasteiger partial charge in [0.15, 0.2) is 17.3 Å². The maximum absolute atomic E-state index is 13.7. The van der Waals surface area contributed by atoms with Gasteiger partial charge in [-0.15, -0.1) is 10.2 Å². The molecule has 0 saturated heterocycles. The molecule has 0 aliphatic rings. The van der Waals surface area contributed by atoms with Crippen LogP contribution in [0.2, 0.25) is 0 Å². The third-order valence-corrected chi connectivity index (χ3v) is 4.05. The number of ketones is 1. The molecule has 3 rings (SSSR count). The van der Waals surface area contributed by atoms with E-state index in [9.17, 15) is 9.18 Å². The fourth-order valence-corrected chi connectivity index (χ4v) is 2.50. The van der Waals surface area contributed by atoms with Gasteiger partial charge in [-0.05, 0) is 34.9 Å². The van der Waals surface area contributed by atoms with E-state index in [0.717, 1.165) is 11.6 Å². The van der Waals surface area contributed by atoms with E-state index in [0.29, 0.717) is 11.7 Å². The number of tetrazole rings is 1. The molecule has 134 valence electrons. The van der Waals surface area contributed by atoms with Crippen molar-refractivity contribution < 1.29 is 13.9 Å². The number of halogens is 1. The Hall–Kier alpha value is -3.09. The van der Waals surface area contributed by atoms with Gasteiger partial charge < -0.3 is 4.74 Å². The molecular weight excluding hydrogens is 335 g/mol. The maximum Gasteiger partial charge on any atom is 0.204 e. The van der Waals surface area contributed by atoms with Gasteiger partial charge in [0, 0.05) is 11.1 Å². The Balaban J connectivity index is 1.73. The highest BCUT2D eigenvalue weighted by molar-refractivity contribution is 5.95. The van der Waals surface area contributed by atoms with Gasteiger partial charge in [0.2, 0.25) is 5.82 Å². The highest BCUT2D eigenvalue weighted by atomic mass is 19.1. The predicted molar refractivity (Wildman–Crippen MR) is 94.6 cm³/mol. The molecule has 26 heavy (non-hydrogen) atoms. The quantitative estimate of drug-likeness (QED) is 0.634. The van der Waals surface area contributed by atoms with Crippen molar-refractivity contribution in [3.05, 3.63) is 59.4 Å². The molecule has 1 aromatic heterocycles. The molecule has 0 atom stereocenters. The molecule has 0 saturated carbocycles. The van der Waals surface area contributed by atoms with Crippen LogP contribution >= 0.6 is 0 Å². The lowest BCUT2D eigenvalue weighted by Crippen LogP contribution is -2.13. The van der Waals surface area contributed by atoms with Crippen LogP contribution < -0.4 is 4.74 Å². The molecule has 0 aliphatic carbocycles. The Kier molecular flexibility index (Phi) is 5.06. The zero-order chi connectivity index (χ0) is 18.7. The molecule has 7 heteroatoms. The average Bonchev–Trinajstić information content (AvgIpc) is 3.10. The summed E-state index contributed by atoms with van der Waals surface area (Å²) >= 11 is 0. The lowest BCUT2D eigenvalue weighted by Gasteiger charge is -2.05. The zero-order valence-electron chi connectivity index (χ0n) is 14.8. The fraction of sp³-hybridized carbons (Fsp3) is 0.263. The van der Waals surface area contributed by atoms with Gasteiger partial charge >= 0.3 is 0 Å². The summed E-state index contributed by atoms with van der Waals surface area (Å²) < 4.78 is 18.6. The number of Topliss-reactive ketones (excluding diaryl/α,β-unsaturated/α-hetero) is 1. The molecule has 0 spiro atoms. The minimum Gasteiger partial charge on any atom is -0.494 e. The molecule has 0 N–H and O–H groups in total. The first-order valence-electron chi connectivity index (χ1n) is 8.23. The van der Waals surface area contributed by atoms with Crippen LogP contribution in [0.5, 0.6) is 5.75 Å². The fourth-order valence-electron chi connectivity index (χ4n) is 2.50. The van der Waals surface area contributed by atoms with Crippen LogP contribution in [0.3, 0.4) is 0 Å². The lowest BCUT2D eigenvalue weighted by atomic mass is 10.0. The number of benzene rings is 2. The Morgan fingerprint density at radius 1 is 1.19 bits per heavy atom. The first kappa shape index (κ1) is 17.7. The van der Waals surface area contributed by atoms with Gasteiger partial charge in [-0.25, -0.2) is 4.39 Å². The van der Waals surface area contributed by atoms with Gasteiger partial charge in [-0.2, -0.15) is 4.80 Å². The van der Waals surface area contributed by atoms with Crippen LogP contribution in [0, 0.1) is 5.82 Å². The Morgan fingerprint density at radius 2 is 1.92 bits per heavy atom. The minimum absolute atomic E-state index is 0.0903. The van der Waals surface area contributed by atoms with Gasteiger partial charge in [-0.3, -0.25) is 4.79 Å². The molecule has 0 aliphatic heterocycles. The number of ether oxygens (including phenoxy) is 1. The van der Waals surface area contributed by atoms with E-state index in [1.54, 1.807) is 0 Å². The number of rotatable bonds is 6. The minimum atomic E-state index is -0.587. The summed E-state index contributed by atoms with van der Waals surface area (Å²) in [5, 5.41) is 12.1. The summed E-state index contributed by atoms with van der Waals surface area (Å²) in [5.74, 6) is 0.0678. The van der Waals surface area contributed by atoms with Gasteiger partial charge in [0.25, 0.3) is 0 Å². The van der Waals surface area contributed by atoms with Crippen LogP contribution in [-0.4, -0.2) is 33.1 Å². The molecular formula is C19H19FN4O2. The van der Waals surface area contributed by atoms with Crippen molar-refractivity contribution in [2.45, 2.75) is 26.3 Å². The van der Waals surface area contributed by atoms with Crippen molar-refractivity contribution in [2.24, 2.45) is 0 Å². The third kappa shape index (κ3) is 3.77. The zero-order valence-corrected chi connectivity index (χ0v) is 14.8. The molecule has 3 aromatic rings. The first-order chi connectivity index (χ1) is 12.5. The molecule has 6 nitrogen and oxygen atoms in total. The Labute approximate surface area is 150 Å². The Bertz CT molecular complexity index is 920. The molecule has 0 amide bonds. The maximum atomic E-state index is 13.7. The normalized spacial score (nSPS) is 11.0. The van der Waals surface area contributed by atoms with Gasteiger partial charge in [0.05, 0.1) is 7.11 Å². The van der Waals surface area contributed by atoms with Crippen LogP contribution in [0.25, 0.3) is 11.4 Å². The molecule has 1 heterocycles. The largest absolute Gasteiger partial charge is 0.494 e. The SMILES string of the molecule is COc1ccc(C(=O)Cn2nnc(-c3ccc(C(C)C)cc3)n2)cc1F. The van der Waals surface area contributed by atoms with Crippen molar-refractivity contribution in [2.75, 3.05) is 7.11 Å². The van der Waals surface area contributed by atoms with E-state index >= 15 is 0 Å².